The van der Waals surface area contributed by atoms with E-state index >= 15 is 0 Å². The summed E-state index contributed by atoms with van der Waals surface area (Å²) in [5, 5.41) is 3.75. The molecule has 5 heteroatoms. The van der Waals surface area contributed by atoms with Gasteiger partial charge in [0.1, 0.15) is 0 Å². The van der Waals surface area contributed by atoms with E-state index in [0.717, 1.165) is 13.0 Å². The van der Waals surface area contributed by atoms with Crippen molar-refractivity contribution < 1.29 is 14.3 Å². The molecule has 2 rings (SSSR count). The van der Waals surface area contributed by atoms with E-state index in [2.05, 4.69) is 32.8 Å². The van der Waals surface area contributed by atoms with Crippen molar-refractivity contribution >= 4 is 22.8 Å². The van der Waals surface area contributed by atoms with Crippen molar-refractivity contribution in [3.05, 3.63) is 36.5 Å². The zero-order chi connectivity index (χ0) is 14.4. The number of carbonyl (C=O) groups excluding carboxylic acids is 2. The van der Waals surface area contributed by atoms with Gasteiger partial charge in [0.25, 0.3) is 0 Å². The summed E-state index contributed by atoms with van der Waals surface area (Å²) < 4.78 is 6.74. The van der Waals surface area contributed by atoms with E-state index in [4.69, 9.17) is 0 Å². The quantitative estimate of drug-likeness (QED) is 0.513. The Bertz CT molecular complexity index is 604. The number of nitrogens with zero attached hydrogens (tertiary/aromatic N) is 1. The van der Waals surface area contributed by atoms with E-state index in [1.165, 1.54) is 10.9 Å². The number of carbonyl (C=O) groups is 2. The topological polar surface area (TPSA) is 60.3 Å². The molecule has 5 nitrogen and oxygen atoms in total. The van der Waals surface area contributed by atoms with Crippen LogP contribution in [0, 0.1) is 0 Å². The molecule has 0 aliphatic carbocycles. The highest BCUT2D eigenvalue weighted by atomic mass is 16.5. The number of esters is 1. The summed E-state index contributed by atoms with van der Waals surface area (Å²) in [5.74, 6) is -1.50. The van der Waals surface area contributed by atoms with Crippen LogP contribution in [0.4, 0.5) is 0 Å². The zero-order valence-corrected chi connectivity index (χ0v) is 11.5. The van der Waals surface area contributed by atoms with E-state index in [1.54, 1.807) is 6.92 Å². The molecule has 0 fully saturated rings. The molecule has 0 aliphatic rings. The maximum Gasteiger partial charge on any atom is 0.396 e. The second kappa shape index (κ2) is 6.75. The third-order valence-electron chi connectivity index (χ3n) is 3.00. The van der Waals surface area contributed by atoms with Crippen molar-refractivity contribution in [2.75, 3.05) is 13.2 Å². The molecule has 0 unspecified atom stereocenters. The smallest absolute Gasteiger partial charge is 0.396 e. The first-order chi connectivity index (χ1) is 9.72. The summed E-state index contributed by atoms with van der Waals surface area (Å²) in [4.78, 5) is 22.4. The second-order valence-electron chi connectivity index (χ2n) is 4.40. The molecule has 1 aromatic carbocycles. The maximum absolute atomic E-state index is 11.3. The number of benzene rings is 1. The van der Waals surface area contributed by atoms with Gasteiger partial charge in [-0.25, -0.2) is 4.79 Å². The minimum Gasteiger partial charge on any atom is -0.459 e. The number of rotatable bonds is 5. The van der Waals surface area contributed by atoms with E-state index in [1.807, 2.05) is 18.3 Å². The molecule has 2 aromatic rings. The van der Waals surface area contributed by atoms with Gasteiger partial charge in [0.05, 0.1) is 6.61 Å². The van der Waals surface area contributed by atoms with Crippen LogP contribution in [0.3, 0.4) is 0 Å². The number of hydrogen-bond donors (Lipinski definition) is 1. The Morgan fingerprint density at radius 3 is 2.85 bits per heavy atom. The summed E-state index contributed by atoms with van der Waals surface area (Å²) in [6.45, 7) is 3.12. The van der Waals surface area contributed by atoms with Crippen LogP contribution < -0.4 is 5.32 Å². The average molecular weight is 274 g/mol. The van der Waals surface area contributed by atoms with Gasteiger partial charge in [-0.2, -0.15) is 0 Å². The van der Waals surface area contributed by atoms with Gasteiger partial charge in [0, 0.05) is 24.8 Å². The van der Waals surface area contributed by atoms with Crippen LogP contribution in [0.5, 0.6) is 0 Å². The van der Waals surface area contributed by atoms with Crippen LogP contribution in [0.2, 0.25) is 0 Å². The van der Waals surface area contributed by atoms with E-state index in [-0.39, 0.29) is 6.61 Å². The van der Waals surface area contributed by atoms with Crippen molar-refractivity contribution in [2.24, 2.45) is 0 Å². The monoisotopic (exact) mass is 274 g/mol. The fourth-order valence-corrected chi connectivity index (χ4v) is 2.06. The molecule has 20 heavy (non-hydrogen) atoms. The number of aryl methyl sites for hydroxylation is 1. The number of amides is 1. The number of ether oxygens (including phenoxy) is 1. The molecule has 0 radical (unpaired) electrons. The first-order valence-corrected chi connectivity index (χ1v) is 6.71. The highest BCUT2D eigenvalue weighted by molar-refractivity contribution is 6.32. The van der Waals surface area contributed by atoms with Gasteiger partial charge < -0.3 is 14.6 Å². The summed E-state index contributed by atoms with van der Waals surface area (Å²) in [6.07, 6.45) is 2.78. The van der Waals surface area contributed by atoms with Crippen LogP contribution in [0.15, 0.2) is 36.5 Å². The van der Waals surface area contributed by atoms with Gasteiger partial charge >= 0.3 is 11.9 Å². The van der Waals surface area contributed by atoms with Gasteiger partial charge in [0.2, 0.25) is 0 Å². The molecular formula is C15H18N2O3. The number of nitrogens with one attached hydrogen (secondary N) is 1. The van der Waals surface area contributed by atoms with Crippen LogP contribution in [0.25, 0.3) is 10.9 Å². The lowest BCUT2D eigenvalue weighted by Gasteiger charge is -2.07. The normalized spacial score (nSPS) is 10.4. The highest BCUT2D eigenvalue weighted by Crippen LogP contribution is 2.15. The molecule has 1 heterocycles. The number of para-hydroxylation sites is 1. The first-order valence-electron chi connectivity index (χ1n) is 6.71. The third-order valence-corrected chi connectivity index (χ3v) is 3.00. The number of hydrogen-bond acceptors (Lipinski definition) is 3. The molecule has 0 aliphatic heterocycles. The average Bonchev–Trinajstić information content (AvgIpc) is 2.87. The van der Waals surface area contributed by atoms with Crippen LogP contribution in [0.1, 0.15) is 13.3 Å². The Morgan fingerprint density at radius 2 is 2.05 bits per heavy atom. The molecule has 1 N–H and O–H groups in total. The molecule has 0 saturated heterocycles. The molecule has 106 valence electrons. The fraction of sp³-hybridized carbons (Fsp3) is 0.333. The summed E-state index contributed by atoms with van der Waals surface area (Å²) in [5.41, 5.74) is 1.17. The Balaban J connectivity index is 1.79. The SMILES string of the molecule is CCOC(=O)C(=O)NCCCn1ccc2ccccc21. The van der Waals surface area contributed by atoms with Gasteiger partial charge in [0.15, 0.2) is 0 Å². The van der Waals surface area contributed by atoms with Gasteiger partial charge in [-0.1, -0.05) is 18.2 Å². The molecule has 0 atom stereocenters. The summed E-state index contributed by atoms with van der Waals surface area (Å²) in [7, 11) is 0. The summed E-state index contributed by atoms with van der Waals surface area (Å²) >= 11 is 0. The standard InChI is InChI=1S/C15H18N2O3/c1-2-20-15(19)14(18)16-9-5-10-17-11-8-12-6-3-4-7-13(12)17/h3-4,6-8,11H,2,5,9-10H2,1H3,(H,16,18). The summed E-state index contributed by atoms with van der Waals surface area (Å²) in [6, 6.07) is 10.2. The molecule has 0 saturated carbocycles. The van der Waals surface area contributed by atoms with Crippen molar-refractivity contribution in [1.29, 1.82) is 0 Å². The third kappa shape index (κ3) is 3.38. The van der Waals surface area contributed by atoms with E-state index in [9.17, 15) is 9.59 Å². The predicted molar refractivity (Wildman–Crippen MR) is 76.2 cm³/mol. The van der Waals surface area contributed by atoms with Crippen molar-refractivity contribution in [3.63, 3.8) is 0 Å². The second-order valence-corrected chi connectivity index (χ2v) is 4.40. The molecule has 0 bridgehead atoms. The minimum absolute atomic E-state index is 0.210. The molecular weight excluding hydrogens is 256 g/mol. The number of aromatic nitrogens is 1. The van der Waals surface area contributed by atoms with E-state index in [0.29, 0.717) is 6.54 Å². The van der Waals surface area contributed by atoms with Gasteiger partial charge in [-0.3, -0.25) is 4.79 Å². The largest absolute Gasteiger partial charge is 0.459 e. The lowest BCUT2D eigenvalue weighted by Crippen LogP contribution is -2.33. The zero-order valence-electron chi connectivity index (χ0n) is 11.5. The first kappa shape index (κ1) is 14.1. The number of fused-ring (bicyclic) bond motifs is 1. The van der Waals surface area contributed by atoms with Crippen molar-refractivity contribution in [1.82, 2.24) is 9.88 Å². The molecule has 0 spiro atoms. The van der Waals surface area contributed by atoms with Crippen LogP contribution in [-0.4, -0.2) is 29.6 Å². The fourth-order valence-electron chi connectivity index (χ4n) is 2.06. The maximum atomic E-state index is 11.3. The van der Waals surface area contributed by atoms with Gasteiger partial charge in [-0.05, 0) is 30.9 Å². The Kier molecular flexibility index (Phi) is 4.76. The van der Waals surface area contributed by atoms with Crippen molar-refractivity contribution in [3.8, 4) is 0 Å². The van der Waals surface area contributed by atoms with Crippen LogP contribution >= 0.6 is 0 Å². The Labute approximate surface area is 117 Å². The molecule has 1 aromatic heterocycles. The Morgan fingerprint density at radius 1 is 1.25 bits per heavy atom. The Hall–Kier alpha value is -2.30. The highest BCUT2D eigenvalue weighted by Gasteiger charge is 2.13. The lowest BCUT2D eigenvalue weighted by atomic mass is 10.2. The van der Waals surface area contributed by atoms with Crippen molar-refractivity contribution in [2.45, 2.75) is 19.9 Å². The minimum atomic E-state index is -0.820. The van der Waals surface area contributed by atoms with Gasteiger partial charge in [-0.15, -0.1) is 0 Å². The lowest BCUT2D eigenvalue weighted by molar-refractivity contribution is -0.154. The molecule has 1 amide bonds. The van der Waals surface area contributed by atoms with Crippen LogP contribution in [-0.2, 0) is 20.9 Å². The van der Waals surface area contributed by atoms with E-state index < -0.39 is 11.9 Å². The predicted octanol–water partition coefficient (Wildman–Crippen LogP) is 1.71.